The maximum atomic E-state index is 12.7. The lowest BCUT2D eigenvalue weighted by Gasteiger charge is -2.33. The maximum Gasteiger partial charge on any atom is 0.305 e. The molecule has 23 heavy (non-hydrogen) atoms. The van der Waals surface area contributed by atoms with Gasteiger partial charge in [-0.1, -0.05) is 40.2 Å². The molecule has 0 saturated heterocycles. The van der Waals surface area contributed by atoms with Crippen LogP contribution in [0.1, 0.15) is 12.0 Å². The second-order valence-corrected chi connectivity index (χ2v) is 7.38. The maximum absolute atomic E-state index is 12.7. The summed E-state index contributed by atoms with van der Waals surface area (Å²) < 4.78 is 0.978. The molecule has 1 aliphatic rings. The minimum Gasteiger partial charge on any atom is -0.481 e. The van der Waals surface area contributed by atoms with E-state index < -0.39 is 11.2 Å². The summed E-state index contributed by atoms with van der Waals surface area (Å²) in [4.78, 5) is 26.4. The van der Waals surface area contributed by atoms with Crippen molar-refractivity contribution < 1.29 is 14.7 Å². The molecule has 1 unspecified atom stereocenters. The molecule has 0 aromatic heterocycles. The fraction of sp³-hybridized carbons (Fsp3) is 0.176. The number of carboxylic acids is 1. The van der Waals surface area contributed by atoms with E-state index in [4.69, 9.17) is 5.11 Å². The Labute approximate surface area is 146 Å². The number of carboxylic acid groups (broad SMARTS) is 1. The molecule has 4 nitrogen and oxygen atoms in total. The van der Waals surface area contributed by atoms with E-state index in [1.54, 1.807) is 4.90 Å². The lowest BCUT2D eigenvalue weighted by Crippen LogP contribution is -2.41. The van der Waals surface area contributed by atoms with Gasteiger partial charge < -0.3 is 10.0 Å². The number of para-hydroxylation sites is 1. The molecule has 1 aliphatic heterocycles. The molecule has 0 bridgehead atoms. The Bertz CT molecular complexity index is 748. The third kappa shape index (κ3) is 3.59. The van der Waals surface area contributed by atoms with Gasteiger partial charge in [0, 0.05) is 9.37 Å². The molecule has 3 rings (SSSR count). The third-order valence-electron chi connectivity index (χ3n) is 3.58. The van der Waals surface area contributed by atoms with Gasteiger partial charge in [0.05, 0.1) is 23.9 Å². The zero-order valence-electron chi connectivity index (χ0n) is 12.1. The molecule has 2 aromatic carbocycles. The van der Waals surface area contributed by atoms with Gasteiger partial charge >= 0.3 is 5.97 Å². The Morgan fingerprint density at radius 3 is 2.57 bits per heavy atom. The number of hydrogen-bond donors (Lipinski definition) is 1. The largest absolute Gasteiger partial charge is 0.481 e. The van der Waals surface area contributed by atoms with E-state index in [-0.39, 0.29) is 12.3 Å². The van der Waals surface area contributed by atoms with E-state index in [9.17, 15) is 9.59 Å². The molecule has 0 fully saturated rings. The zero-order valence-corrected chi connectivity index (χ0v) is 14.5. The summed E-state index contributed by atoms with van der Waals surface area (Å²) in [6.45, 7) is 0.430. The van der Waals surface area contributed by atoms with E-state index >= 15 is 0 Å². The highest BCUT2D eigenvalue weighted by atomic mass is 79.9. The average Bonchev–Trinajstić information content (AvgIpc) is 2.53. The summed E-state index contributed by atoms with van der Waals surface area (Å²) in [5.41, 5.74) is 1.84. The van der Waals surface area contributed by atoms with Crippen LogP contribution in [-0.4, -0.2) is 22.2 Å². The van der Waals surface area contributed by atoms with E-state index in [2.05, 4.69) is 15.9 Å². The van der Waals surface area contributed by atoms with Crippen LogP contribution in [0.5, 0.6) is 0 Å². The number of fused-ring (bicyclic) bond motifs is 1. The highest BCUT2D eigenvalue weighted by Crippen LogP contribution is 2.40. The number of thioether (sulfide) groups is 1. The Kier molecular flexibility index (Phi) is 4.73. The van der Waals surface area contributed by atoms with Gasteiger partial charge in [0.15, 0.2) is 0 Å². The Morgan fingerprint density at radius 2 is 1.87 bits per heavy atom. The predicted molar refractivity (Wildman–Crippen MR) is 93.7 cm³/mol. The number of benzene rings is 2. The average molecular weight is 392 g/mol. The molecular formula is C17H14BrNO3S. The molecule has 0 aliphatic carbocycles. The fourth-order valence-electron chi connectivity index (χ4n) is 2.50. The first-order valence-corrected chi connectivity index (χ1v) is 8.75. The third-order valence-corrected chi connectivity index (χ3v) is 5.36. The molecule has 1 heterocycles. The zero-order chi connectivity index (χ0) is 16.4. The van der Waals surface area contributed by atoms with Crippen LogP contribution < -0.4 is 4.90 Å². The summed E-state index contributed by atoms with van der Waals surface area (Å²) in [5.74, 6) is -1.11. The molecule has 1 N–H and O–H groups in total. The smallest absolute Gasteiger partial charge is 0.305 e. The lowest BCUT2D eigenvalue weighted by atomic mass is 10.1. The van der Waals surface area contributed by atoms with Crippen LogP contribution in [0, 0.1) is 0 Å². The number of amides is 1. The van der Waals surface area contributed by atoms with Gasteiger partial charge in [0.1, 0.15) is 0 Å². The summed E-state index contributed by atoms with van der Waals surface area (Å²) in [5, 5.41) is 8.46. The Morgan fingerprint density at radius 1 is 1.17 bits per heavy atom. The van der Waals surface area contributed by atoms with E-state index in [0.717, 1.165) is 20.6 Å². The Hall–Kier alpha value is -1.79. The van der Waals surface area contributed by atoms with E-state index in [1.165, 1.54) is 11.8 Å². The second-order valence-electron chi connectivity index (χ2n) is 5.22. The highest BCUT2D eigenvalue weighted by molar-refractivity contribution is 9.10. The number of anilines is 1. The van der Waals surface area contributed by atoms with Crippen LogP contribution in [0.3, 0.4) is 0 Å². The normalized spacial score (nSPS) is 17.0. The monoisotopic (exact) mass is 391 g/mol. The molecule has 118 valence electrons. The van der Waals surface area contributed by atoms with Crippen LogP contribution in [0.15, 0.2) is 57.9 Å². The minimum atomic E-state index is -0.959. The number of carbonyl (C=O) groups excluding carboxylic acids is 1. The molecule has 1 amide bonds. The number of hydrogen-bond acceptors (Lipinski definition) is 3. The standard InChI is InChI=1S/C17H14BrNO3S/c18-12-7-5-11(6-8-12)10-19-13-3-1-2-4-14(13)23-15(17(19)22)9-16(20)21/h1-8,15H,9-10H2,(H,20,21). The van der Waals surface area contributed by atoms with Crippen molar-refractivity contribution in [2.24, 2.45) is 0 Å². The SMILES string of the molecule is O=C(O)CC1Sc2ccccc2N(Cc2ccc(Br)cc2)C1=O. The summed E-state index contributed by atoms with van der Waals surface area (Å²) >= 11 is 4.73. The van der Waals surface area contributed by atoms with E-state index in [0.29, 0.717) is 6.54 Å². The summed E-state index contributed by atoms with van der Waals surface area (Å²) in [6, 6.07) is 15.4. The molecule has 6 heteroatoms. The number of rotatable bonds is 4. The fourth-order valence-corrected chi connectivity index (χ4v) is 3.98. The molecule has 1 atom stereocenters. The van der Waals surface area contributed by atoms with Crippen LogP contribution in [0.2, 0.25) is 0 Å². The van der Waals surface area contributed by atoms with Crippen LogP contribution in [-0.2, 0) is 16.1 Å². The van der Waals surface area contributed by atoms with Gasteiger partial charge in [-0.15, -0.1) is 11.8 Å². The number of carbonyl (C=O) groups is 2. The summed E-state index contributed by atoms with van der Waals surface area (Å²) in [6.07, 6.45) is -0.172. The van der Waals surface area contributed by atoms with Crippen LogP contribution in [0.4, 0.5) is 5.69 Å². The van der Waals surface area contributed by atoms with Crippen molar-refractivity contribution >= 4 is 45.3 Å². The molecular weight excluding hydrogens is 378 g/mol. The van der Waals surface area contributed by atoms with Gasteiger partial charge in [-0.05, 0) is 29.8 Å². The van der Waals surface area contributed by atoms with Crippen LogP contribution >= 0.6 is 27.7 Å². The highest BCUT2D eigenvalue weighted by Gasteiger charge is 2.34. The van der Waals surface area contributed by atoms with Gasteiger partial charge in [-0.3, -0.25) is 9.59 Å². The van der Waals surface area contributed by atoms with Crippen molar-refractivity contribution in [1.82, 2.24) is 0 Å². The van der Waals surface area contributed by atoms with Gasteiger partial charge in [0.2, 0.25) is 5.91 Å². The minimum absolute atomic E-state index is 0.154. The second kappa shape index (κ2) is 6.76. The van der Waals surface area contributed by atoms with Gasteiger partial charge in [-0.2, -0.15) is 0 Å². The van der Waals surface area contributed by atoms with Gasteiger partial charge in [0.25, 0.3) is 0 Å². The van der Waals surface area contributed by atoms with Crippen molar-refractivity contribution in [3.63, 3.8) is 0 Å². The first-order valence-electron chi connectivity index (χ1n) is 7.08. The molecule has 2 aromatic rings. The van der Waals surface area contributed by atoms with E-state index in [1.807, 2.05) is 48.5 Å². The van der Waals surface area contributed by atoms with Crippen molar-refractivity contribution in [3.8, 4) is 0 Å². The molecule has 0 spiro atoms. The van der Waals surface area contributed by atoms with Gasteiger partial charge in [-0.25, -0.2) is 0 Å². The van der Waals surface area contributed by atoms with Crippen molar-refractivity contribution in [3.05, 3.63) is 58.6 Å². The molecule has 0 saturated carbocycles. The van der Waals surface area contributed by atoms with Crippen molar-refractivity contribution in [2.45, 2.75) is 23.1 Å². The topological polar surface area (TPSA) is 57.6 Å². The number of aliphatic carboxylic acids is 1. The number of halogens is 1. The first kappa shape index (κ1) is 16.1. The lowest BCUT2D eigenvalue weighted by molar-refractivity contribution is -0.138. The van der Waals surface area contributed by atoms with Crippen molar-refractivity contribution in [2.75, 3.05) is 4.90 Å². The first-order chi connectivity index (χ1) is 11.0. The molecule has 0 radical (unpaired) electrons. The van der Waals surface area contributed by atoms with Crippen molar-refractivity contribution in [1.29, 1.82) is 0 Å². The van der Waals surface area contributed by atoms with Crippen LogP contribution in [0.25, 0.3) is 0 Å². The Balaban J connectivity index is 1.93. The predicted octanol–water partition coefficient (Wildman–Crippen LogP) is 3.93. The number of nitrogens with zero attached hydrogens (tertiary/aromatic N) is 1. The summed E-state index contributed by atoms with van der Waals surface area (Å²) in [7, 11) is 0. The quantitative estimate of drug-likeness (QED) is 0.857.